The molecule has 6 heteroatoms. The summed E-state index contributed by atoms with van der Waals surface area (Å²) in [6.45, 7) is 3.70. The number of methoxy groups -OCH3 is 1. The third kappa shape index (κ3) is 4.18. The van der Waals surface area contributed by atoms with Crippen LogP contribution < -0.4 is 0 Å². The van der Waals surface area contributed by atoms with Gasteiger partial charge in [0.25, 0.3) is 0 Å². The molecule has 2 aromatic carbocycles. The monoisotopic (exact) mass is 404 g/mol. The predicted octanol–water partition coefficient (Wildman–Crippen LogP) is 5.31. The van der Waals surface area contributed by atoms with Crippen LogP contribution in [0, 0.1) is 0 Å². The Bertz CT molecular complexity index is 1090. The predicted molar refractivity (Wildman–Crippen MR) is 119 cm³/mol. The lowest BCUT2D eigenvalue weighted by Gasteiger charge is -2.11. The first kappa shape index (κ1) is 19.6. The Balaban J connectivity index is 1.80. The van der Waals surface area contributed by atoms with E-state index >= 15 is 0 Å². The van der Waals surface area contributed by atoms with Crippen molar-refractivity contribution in [1.82, 2.24) is 19.7 Å². The van der Waals surface area contributed by atoms with Crippen LogP contribution in [0.25, 0.3) is 33.5 Å². The smallest absolute Gasteiger partial charge is 0.191 e. The van der Waals surface area contributed by atoms with Gasteiger partial charge >= 0.3 is 0 Å². The molecule has 0 unspecified atom stereocenters. The highest BCUT2D eigenvalue weighted by Gasteiger charge is 2.17. The van der Waals surface area contributed by atoms with Gasteiger partial charge in [-0.3, -0.25) is 0 Å². The lowest BCUT2D eigenvalue weighted by Crippen LogP contribution is -2.02. The molecular weight excluding hydrogens is 380 g/mol. The molecule has 0 saturated carbocycles. The Kier molecular flexibility index (Phi) is 6.22. The van der Waals surface area contributed by atoms with Gasteiger partial charge in [0.15, 0.2) is 11.0 Å². The Morgan fingerprint density at radius 1 is 1.00 bits per heavy atom. The zero-order valence-electron chi connectivity index (χ0n) is 16.7. The van der Waals surface area contributed by atoms with Crippen molar-refractivity contribution in [2.24, 2.45) is 0 Å². The lowest BCUT2D eigenvalue weighted by atomic mass is 10.0. The van der Waals surface area contributed by atoms with Gasteiger partial charge in [0.1, 0.15) is 0 Å². The first-order valence-electron chi connectivity index (χ1n) is 9.82. The van der Waals surface area contributed by atoms with E-state index in [1.54, 1.807) is 18.9 Å². The SMILES string of the molecule is CCn1c(SCCCOC)nnc1-c1cc(-c2ccccc2)nc2ccccc12. The fourth-order valence-electron chi connectivity index (χ4n) is 3.36. The van der Waals surface area contributed by atoms with Crippen molar-refractivity contribution >= 4 is 22.7 Å². The molecule has 2 heterocycles. The van der Waals surface area contributed by atoms with E-state index in [1.165, 1.54) is 0 Å². The maximum absolute atomic E-state index is 5.15. The van der Waals surface area contributed by atoms with Gasteiger partial charge in [0, 0.05) is 42.5 Å². The molecule has 29 heavy (non-hydrogen) atoms. The summed E-state index contributed by atoms with van der Waals surface area (Å²) in [6.07, 6.45) is 0.990. The van der Waals surface area contributed by atoms with E-state index in [9.17, 15) is 0 Å². The molecule has 0 saturated heterocycles. The van der Waals surface area contributed by atoms with Crippen molar-refractivity contribution in [2.75, 3.05) is 19.5 Å². The van der Waals surface area contributed by atoms with Gasteiger partial charge in [0.05, 0.1) is 11.2 Å². The highest BCUT2D eigenvalue weighted by atomic mass is 32.2. The van der Waals surface area contributed by atoms with Gasteiger partial charge in [-0.15, -0.1) is 10.2 Å². The summed E-state index contributed by atoms with van der Waals surface area (Å²) >= 11 is 1.73. The minimum atomic E-state index is 0.759. The number of rotatable bonds is 8. The second-order valence-corrected chi connectivity index (χ2v) is 7.75. The average molecular weight is 405 g/mol. The second-order valence-electron chi connectivity index (χ2n) is 6.68. The number of ether oxygens (including phenoxy) is 1. The van der Waals surface area contributed by atoms with Crippen LogP contribution in [0.3, 0.4) is 0 Å². The number of thioether (sulfide) groups is 1. The number of hydrogen-bond acceptors (Lipinski definition) is 5. The fourth-order valence-corrected chi connectivity index (χ4v) is 4.28. The summed E-state index contributed by atoms with van der Waals surface area (Å²) < 4.78 is 7.34. The number of fused-ring (bicyclic) bond motifs is 1. The van der Waals surface area contributed by atoms with Crippen molar-refractivity contribution in [3.05, 3.63) is 60.7 Å². The van der Waals surface area contributed by atoms with Crippen molar-refractivity contribution in [3.8, 4) is 22.6 Å². The summed E-state index contributed by atoms with van der Waals surface area (Å²) in [6, 6.07) is 20.6. The van der Waals surface area contributed by atoms with Crippen LogP contribution in [0.1, 0.15) is 13.3 Å². The highest BCUT2D eigenvalue weighted by Crippen LogP contribution is 2.33. The fraction of sp³-hybridized carbons (Fsp3) is 0.261. The molecule has 148 valence electrons. The third-order valence-electron chi connectivity index (χ3n) is 4.78. The van der Waals surface area contributed by atoms with Gasteiger partial charge in [-0.25, -0.2) is 4.98 Å². The zero-order chi connectivity index (χ0) is 20.1. The molecular formula is C23H24N4OS. The first-order chi connectivity index (χ1) is 14.3. The molecule has 2 aromatic heterocycles. The lowest BCUT2D eigenvalue weighted by molar-refractivity contribution is 0.200. The van der Waals surface area contributed by atoms with Crippen molar-refractivity contribution in [1.29, 1.82) is 0 Å². The van der Waals surface area contributed by atoms with Crippen LogP contribution in [0.2, 0.25) is 0 Å². The zero-order valence-corrected chi connectivity index (χ0v) is 17.5. The van der Waals surface area contributed by atoms with Crippen LogP contribution in [0.15, 0.2) is 65.8 Å². The number of pyridine rings is 1. The van der Waals surface area contributed by atoms with Crippen LogP contribution >= 0.6 is 11.8 Å². The summed E-state index contributed by atoms with van der Waals surface area (Å²) in [5.74, 6) is 1.84. The number of hydrogen-bond donors (Lipinski definition) is 0. The summed E-state index contributed by atoms with van der Waals surface area (Å²) in [4.78, 5) is 4.89. The largest absolute Gasteiger partial charge is 0.385 e. The summed E-state index contributed by atoms with van der Waals surface area (Å²) in [7, 11) is 1.73. The Labute approximate surface area is 175 Å². The topological polar surface area (TPSA) is 52.8 Å². The van der Waals surface area contributed by atoms with Gasteiger partial charge in [0.2, 0.25) is 0 Å². The maximum Gasteiger partial charge on any atom is 0.191 e. The number of benzene rings is 2. The van der Waals surface area contributed by atoms with Crippen LogP contribution in [0.5, 0.6) is 0 Å². The molecule has 0 spiro atoms. The molecule has 0 aliphatic heterocycles. The maximum atomic E-state index is 5.15. The number of aromatic nitrogens is 4. The van der Waals surface area contributed by atoms with Gasteiger partial charge < -0.3 is 9.30 Å². The van der Waals surface area contributed by atoms with E-state index in [0.29, 0.717) is 0 Å². The minimum Gasteiger partial charge on any atom is -0.385 e. The highest BCUT2D eigenvalue weighted by molar-refractivity contribution is 7.99. The molecule has 4 rings (SSSR count). The minimum absolute atomic E-state index is 0.759. The quantitative estimate of drug-likeness (QED) is 0.294. The van der Waals surface area contributed by atoms with E-state index in [-0.39, 0.29) is 0 Å². The van der Waals surface area contributed by atoms with Gasteiger partial charge in [-0.1, -0.05) is 60.3 Å². The van der Waals surface area contributed by atoms with E-state index in [0.717, 1.165) is 64.0 Å². The molecule has 5 nitrogen and oxygen atoms in total. The normalized spacial score (nSPS) is 11.2. The molecule has 4 aromatic rings. The number of para-hydroxylation sites is 1. The number of nitrogens with zero attached hydrogens (tertiary/aromatic N) is 4. The molecule has 0 N–H and O–H groups in total. The summed E-state index contributed by atoms with van der Waals surface area (Å²) in [5.41, 5.74) is 4.06. The standard InChI is InChI=1S/C23H24N4OS/c1-3-27-22(25-26-23(27)29-15-9-14-28-2)19-16-21(17-10-5-4-6-11-17)24-20-13-8-7-12-18(19)20/h4-8,10-13,16H,3,9,14-15H2,1-2H3. The van der Waals surface area contributed by atoms with Crippen LogP contribution in [-0.4, -0.2) is 39.2 Å². The average Bonchev–Trinajstić information content (AvgIpc) is 3.19. The van der Waals surface area contributed by atoms with E-state index in [4.69, 9.17) is 9.72 Å². The van der Waals surface area contributed by atoms with Crippen LogP contribution in [-0.2, 0) is 11.3 Å². The van der Waals surface area contributed by atoms with Gasteiger partial charge in [-0.2, -0.15) is 0 Å². The van der Waals surface area contributed by atoms with E-state index in [1.807, 2.05) is 30.3 Å². The molecule has 0 atom stereocenters. The van der Waals surface area contributed by atoms with E-state index in [2.05, 4.69) is 52.0 Å². The molecule has 0 aliphatic rings. The van der Waals surface area contributed by atoms with E-state index < -0.39 is 0 Å². The Morgan fingerprint density at radius 3 is 2.59 bits per heavy atom. The Hall–Kier alpha value is -2.70. The second kappa shape index (κ2) is 9.20. The molecule has 0 amide bonds. The van der Waals surface area contributed by atoms with Crippen molar-refractivity contribution in [2.45, 2.75) is 25.0 Å². The molecule has 0 fully saturated rings. The molecule has 0 aliphatic carbocycles. The summed E-state index contributed by atoms with van der Waals surface area (Å²) in [5, 5.41) is 11.1. The van der Waals surface area contributed by atoms with Gasteiger partial charge in [-0.05, 0) is 25.5 Å². The first-order valence-corrected chi connectivity index (χ1v) is 10.8. The van der Waals surface area contributed by atoms with Crippen molar-refractivity contribution in [3.63, 3.8) is 0 Å². The third-order valence-corrected chi connectivity index (χ3v) is 5.84. The van der Waals surface area contributed by atoms with Crippen molar-refractivity contribution < 1.29 is 4.74 Å². The molecule has 0 bridgehead atoms. The van der Waals surface area contributed by atoms with Crippen LogP contribution in [0.4, 0.5) is 0 Å². The molecule has 0 radical (unpaired) electrons. The Morgan fingerprint density at radius 2 is 1.79 bits per heavy atom.